The van der Waals surface area contributed by atoms with Gasteiger partial charge in [0.2, 0.25) is 0 Å². The molecule has 0 N–H and O–H groups in total. The van der Waals surface area contributed by atoms with Gasteiger partial charge in [0.1, 0.15) is 6.61 Å². The van der Waals surface area contributed by atoms with Gasteiger partial charge in [-0.05, 0) is 6.08 Å². The van der Waals surface area contributed by atoms with Crippen LogP contribution in [0.3, 0.4) is 0 Å². The third-order valence-corrected chi connectivity index (χ3v) is 2.06. The maximum absolute atomic E-state index is 11.1. The normalized spacial score (nSPS) is 13.1. The number of carbonyl (C=O) groups excluding carboxylic acids is 4. The molecule has 0 radical (unpaired) electrons. The average Bonchev–Trinajstić information content (AvgIpc) is 2.38. The number of methoxy groups -OCH3 is 1. The van der Waals surface area contributed by atoms with Crippen LogP contribution in [-0.4, -0.2) is 49.8 Å². The van der Waals surface area contributed by atoms with Gasteiger partial charge in [-0.25, -0.2) is 4.79 Å². The summed E-state index contributed by atoms with van der Waals surface area (Å²) in [6.07, 6.45) is 0.0309. The van der Waals surface area contributed by atoms with E-state index in [9.17, 15) is 19.2 Å². The maximum atomic E-state index is 11.1. The molecule has 118 valence electrons. The molecule has 0 aliphatic carbocycles. The van der Waals surface area contributed by atoms with Gasteiger partial charge in [-0.3, -0.25) is 14.4 Å². The zero-order valence-corrected chi connectivity index (χ0v) is 12.3. The molecule has 0 fully saturated rings. The summed E-state index contributed by atoms with van der Waals surface area (Å²) < 4.78 is 19.0. The minimum atomic E-state index is -1.09. The quantitative estimate of drug-likeness (QED) is 0.371. The first kappa shape index (κ1) is 18.6. The first-order valence-corrected chi connectivity index (χ1v) is 6.00. The van der Waals surface area contributed by atoms with Crippen molar-refractivity contribution in [2.75, 3.05) is 13.7 Å². The smallest absolute Gasteiger partial charge is 0.330 e. The molecule has 8 nitrogen and oxygen atoms in total. The largest absolute Gasteiger partial charge is 0.466 e. The molecule has 0 aromatic heterocycles. The Morgan fingerprint density at radius 1 is 0.952 bits per heavy atom. The highest BCUT2D eigenvalue weighted by molar-refractivity contribution is 5.82. The summed E-state index contributed by atoms with van der Waals surface area (Å²) in [4.78, 5) is 44.0. The van der Waals surface area contributed by atoms with Crippen molar-refractivity contribution in [3.05, 3.63) is 12.2 Å². The molecule has 21 heavy (non-hydrogen) atoms. The molecule has 0 rings (SSSR count). The van der Waals surface area contributed by atoms with Crippen molar-refractivity contribution >= 4 is 23.9 Å². The van der Waals surface area contributed by atoms with Crippen LogP contribution < -0.4 is 0 Å². The van der Waals surface area contributed by atoms with Crippen LogP contribution in [0.4, 0.5) is 0 Å². The van der Waals surface area contributed by atoms with E-state index in [1.54, 1.807) is 0 Å². The summed E-state index contributed by atoms with van der Waals surface area (Å²) in [5.74, 6) is -2.59. The monoisotopic (exact) mass is 302 g/mol. The van der Waals surface area contributed by atoms with E-state index in [1.807, 2.05) is 0 Å². The third kappa shape index (κ3) is 9.20. The highest BCUT2D eigenvalue weighted by Gasteiger charge is 2.26. The number of esters is 4. The lowest BCUT2D eigenvalue weighted by atomic mass is 10.2. The maximum Gasteiger partial charge on any atom is 0.330 e. The highest BCUT2D eigenvalue weighted by atomic mass is 16.6. The molecule has 0 saturated heterocycles. The van der Waals surface area contributed by atoms with E-state index in [4.69, 9.17) is 14.2 Å². The molecule has 0 saturated carbocycles. The minimum Gasteiger partial charge on any atom is -0.466 e. The van der Waals surface area contributed by atoms with E-state index in [0.29, 0.717) is 0 Å². The van der Waals surface area contributed by atoms with Crippen molar-refractivity contribution in [2.45, 2.75) is 33.0 Å². The van der Waals surface area contributed by atoms with E-state index in [2.05, 4.69) is 4.74 Å². The van der Waals surface area contributed by atoms with Crippen LogP contribution in [0.1, 0.15) is 20.8 Å². The molecule has 0 spiro atoms. The number of carbonyl (C=O) groups is 4. The summed E-state index contributed by atoms with van der Waals surface area (Å²) in [5.41, 5.74) is 0. The Hall–Kier alpha value is -2.38. The van der Waals surface area contributed by atoms with Gasteiger partial charge in [-0.15, -0.1) is 0 Å². The predicted molar refractivity (Wildman–Crippen MR) is 68.9 cm³/mol. The molecule has 8 heteroatoms. The molecule has 2 atom stereocenters. The summed E-state index contributed by atoms with van der Waals surface area (Å²) in [5, 5.41) is 0. The van der Waals surface area contributed by atoms with Crippen LogP contribution >= 0.6 is 0 Å². The lowest BCUT2D eigenvalue weighted by molar-refractivity contribution is -0.169. The molecule has 0 aliphatic heterocycles. The molecule has 0 aliphatic rings. The van der Waals surface area contributed by atoms with Crippen molar-refractivity contribution < 1.29 is 38.1 Å². The fourth-order valence-electron chi connectivity index (χ4n) is 1.28. The lowest BCUT2D eigenvalue weighted by Crippen LogP contribution is -2.37. The first-order valence-electron chi connectivity index (χ1n) is 6.00. The van der Waals surface area contributed by atoms with E-state index < -0.39 is 36.1 Å². The van der Waals surface area contributed by atoms with E-state index in [-0.39, 0.29) is 6.61 Å². The Bertz CT molecular complexity index is 426. The van der Waals surface area contributed by atoms with Gasteiger partial charge in [-0.2, -0.15) is 0 Å². The van der Waals surface area contributed by atoms with Crippen LogP contribution in [0.25, 0.3) is 0 Å². The predicted octanol–water partition coefficient (Wildman–Crippen LogP) is 0.142. The molecular formula is C13H18O8. The van der Waals surface area contributed by atoms with Gasteiger partial charge in [0.15, 0.2) is 12.2 Å². The summed E-state index contributed by atoms with van der Waals surface area (Å²) in [7, 11) is 1.18. The fraction of sp³-hybridized carbons (Fsp3) is 0.538. The van der Waals surface area contributed by atoms with E-state index >= 15 is 0 Å². The second-order valence-electron chi connectivity index (χ2n) is 3.91. The van der Waals surface area contributed by atoms with Crippen LogP contribution in [0.5, 0.6) is 0 Å². The molecule has 0 amide bonds. The molecule has 0 aromatic carbocycles. The second kappa shape index (κ2) is 9.51. The molecule has 0 unspecified atom stereocenters. The van der Waals surface area contributed by atoms with Crippen molar-refractivity contribution in [2.24, 2.45) is 0 Å². The summed E-state index contributed by atoms with van der Waals surface area (Å²) >= 11 is 0. The van der Waals surface area contributed by atoms with Crippen molar-refractivity contribution in [3.63, 3.8) is 0 Å². The van der Waals surface area contributed by atoms with Gasteiger partial charge in [0.05, 0.1) is 7.11 Å². The van der Waals surface area contributed by atoms with Gasteiger partial charge in [0.25, 0.3) is 0 Å². The average molecular weight is 302 g/mol. The van der Waals surface area contributed by atoms with Crippen molar-refractivity contribution in [3.8, 4) is 0 Å². The number of hydrogen-bond acceptors (Lipinski definition) is 8. The van der Waals surface area contributed by atoms with Gasteiger partial charge in [-0.1, -0.05) is 0 Å². The Morgan fingerprint density at radius 3 is 1.95 bits per heavy atom. The van der Waals surface area contributed by atoms with E-state index in [0.717, 1.165) is 19.9 Å². The minimum absolute atomic E-state index is 0.321. The third-order valence-electron chi connectivity index (χ3n) is 2.06. The molecular weight excluding hydrogens is 284 g/mol. The van der Waals surface area contributed by atoms with Crippen molar-refractivity contribution in [1.29, 1.82) is 0 Å². The fourth-order valence-corrected chi connectivity index (χ4v) is 1.28. The van der Waals surface area contributed by atoms with Crippen LogP contribution in [-0.2, 0) is 38.1 Å². The first-order chi connectivity index (χ1) is 9.76. The Kier molecular flexibility index (Phi) is 8.43. The molecule has 0 heterocycles. The van der Waals surface area contributed by atoms with Crippen LogP contribution in [0.2, 0.25) is 0 Å². The zero-order chi connectivity index (χ0) is 16.4. The Balaban J connectivity index is 5.08. The van der Waals surface area contributed by atoms with Gasteiger partial charge < -0.3 is 18.9 Å². The second-order valence-corrected chi connectivity index (χ2v) is 3.91. The number of ether oxygens (including phenoxy) is 4. The number of rotatable bonds is 7. The van der Waals surface area contributed by atoms with Crippen LogP contribution in [0, 0.1) is 0 Å². The van der Waals surface area contributed by atoms with Gasteiger partial charge >= 0.3 is 23.9 Å². The highest BCUT2D eigenvalue weighted by Crippen LogP contribution is 2.09. The Labute approximate surface area is 122 Å². The topological polar surface area (TPSA) is 105 Å². The molecule has 0 bridgehead atoms. The zero-order valence-electron chi connectivity index (χ0n) is 12.3. The van der Waals surface area contributed by atoms with Gasteiger partial charge in [0, 0.05) is 26.8 Å². The Morgan fingerprint density at radius 2 is 1.52 bits per heavy atom. The molecule has 0 aromatic rings. The SMILES string of the molecule is COC(=O)/C=C/[C@H](OC(C)=O)[C@H](COC(C)=O)OC(C)=O. The summed E-state index contributed by atoms with van der Waals surface area (Å²) in [6, 6.07) is 0. The van der Waals surface area contributed by atoms with E-state index in [1.165, 1.54) is 20.1 Å². The standard InChI is InChI=1S/C13H18O8/c1-8(14)19-7-12(21-10(3)16)11(20-9(2)15)5-6-13(17)18-4/h5-6,11-12H,7H2,1-4H3/b6-5+/t11-,12-/m0/s1. The lowest BCUT2D eigenvalue weighted by Gasteiger charge is -2.23. The summed E-state index contributed by atoms with van der Waals surface area (Å²) in [6.45, 7) is 3.15. The van der Waals surface area contributed by atoms with Crippen molar-refractivity contribution in [1.82, 2.24) is 0 Å². The number of hydrogen-bond donors (Lipinski definition) is 0. The van der Waals surface area contributed by atoms with Crippen LogP contribution in [0.15, 0.2) is 12.2 Å².